The molecule has 4 aromatic rings. The van der Waals surface area contributed by atoms with E-state index in [1.807, 2.05) is 6.92 Å². The van der Waals surface area contributed by atoms with Crippen LogP contribution in [0.2, 0.25) is 0 Å². The van der Waals surface area contributed by atoms with Gasteiger partial charge in [-0.05, 0) is 59.6 Å². The lowest BCUT2D eigenvalue weighted by molar-refractivity contribution is -0.135. The highest BCUT2D eigenvalue weighted by atomic mass is 79.9. The Hall–Kier alpha value is -3.80. The molecule has 12 heteroatoms. The van der Waals surface area contributed by atoms with Gasteiger partial charge in [0.15, 0.2) is 11.6 Å². The number of rotatable bonds is 9. The van der Waals surface area contributed by atoms with Crippen LogP contribution in [-0.4, -0.2) is 36.6 Å². The Morgan fingerprint density at radius 1 is 1.23 bits per heavy atom. The Morgan fingerprint density at radius 3 is 2.67 bits per heavy atom. The zero-order valence-corrected chi connectivity index (χ0v) is 23.8. The van der Waals surface area contributed by atoms with Crippen molar-refractivity contribution >= 4 is 27.3 Å². The summed E-state index contributed by atoms with van der Waals surface area (Å²) >= 11 is 3.36. The zero-order valence-electron chi connectivity index (χ0n) is 22.2. The smallest absolute Gasteiger partial charge is 0.255 e. The topological polar surface area (TPSA) is 93.0 Å². The summed E-state index contributed by atoms with van der Waals surface area (Å²) in [4.78, 5) is 4.10. The third kappa shape index (κ3) is 5.58. The highest BCUT2D eigenvalue weighted by molar-refractivity contribution is 9.10. The number of aromatic nitrogens is 5. The predicted molar refractivity (Wildman–Crippen MR) is 149 cm³/mol. The minimum atomic E-state index is -2.72. The number of aryl methyl sites for hydroxylation is 2. The molecule has 2 N–H and O–H groups in total. The number of anilines is 1. The summed E-state index contributed by atoms with van der Waals surface area (Å²) in [5, 5.41) is 9.11. The van der Waals surface area contributed by atoms with E-state index in [9.17, 15) is 13.2 Å². The molecule has 1 saturated carbocycles. The van der Waals surface area contributed by atoms with Crippen LogP contribution < -0.4 is 15.2 Å². The van der Waals surface area contributed by atoms with Crippen molar-refractivity contribution in [2.24, 2.45) is 7.05 Å². The van der Waals surface area contributed by atoms with Crippen LogP contribution in [0.1, 0.15) is 49.5 Å². The molecule has 0 bridgehead atoms. The van der Waals surface area contributed by atoms with E-state index in [4.69, 9.17) is 15.2 Å². The van der Waals surface area contributed by atoms with E-state index in [1.54, 1.807) is 54.1 Å². The average Bonchev–Trinajstić information content (AvgIpc) is 3.48. The van der Waals surface area contributed by atoms with Crippen LogP contribution in [0.3, 0.4) is 0 Å². The number of nitrogen functional groups attached to an aromatic ring is 1. The van der Waals surface area contributed by atoms with Gasteiger partial charge in [-0.1, -0.05) is 6.58 Å². The first-order chi connectivity index (χ1) is 18.9. The predicted octanol–water partition coefficient (Wildman–Crippen LogP) is 6.56. The lowest BCUT2D eigenvalue weighted by Gasteiger charge is -2.34. The molecule has 3 aromatic heterocycles. The van der Waals surface area contributed by atoms with Gasteiger partial charge < -0.3 is 15.2 Å². The van der Waals surface area contributed by atoms with Crippen molar-refractivity contribution in [3.05, 3.63) is 76.4 Å². The Kier molecular flexibility index (Phi) is 7.38. The molecule has 3 heterocycles. The second kappa shape index (κ2) is 10.6. The SMILES string of the molecule is C=C(c1cn(CC)nc1OC1CC(F)(F)C1)c1cn(C)nc1-c1ccc(F)cc1[C@@H](C)Oc1cc(Br)cnc1N. The summed E-state index contributed by atoms with van der Waals surface area (Å²) in [5.74, 6) is -2.39. The third-order valence-electron chi connectivity index (χ3n) is 6.72. The molecule has 40 heavy (non-hydrogen) atoms. The minimum absolute atomic E-state index is 0.199. The number of hydrogen-bond acceptors (Lipinski definition) is 6. The van der Waals surface area contributed by atoms with Gasteiger partial charge in [0.05, 0.1) is 5.56 Å². The summed E-state index contributed by atoms with van der Waals surface area (Å²) in [7, 11) is 1.76. The van der Waals surface area contributed by atoms with Crippen molar-refractivity contribution in [1.29, 1.82) is 0 Å². The van der Waals surface area contributed by atoms with Gasteiger partial charge in [-0.15, -0.1) is 5.10 Å². The molecule has 1 aliphatic carbocycles. The van der Waals surface area contributed by atoms with E-state index in [2.05, 4.69) is 37.7 Å². The fourth-order valence-electron chi connectivity index (χ4n) is 4.63. The van der Waals surface area contributed by atoms with Gasteiger partial charge >= 0.3 is 0 Å². The van der Waals surface area contributed by atoms with Crippen molar-refractivity contribution < 1.29 is 22.6 Å². The number of ether oxygens (including phenoxy) is 2. The van der Waals surface area contributed by atoms with E-state index in [-0.39, 0.29) is 24.5 Å². The van der Waals surface area contributed by atoms with Crippen molar-refractivity contribution in [3.8, 4) is 22.9 Å². The van der Waals surface area contributed by atoms with Gasteiger partial charge in [-0.2, -0.15) is 5.10 Å². The summed E-state index contributed by atoms with van der Waals surface area (Å²) < 4.78 is 57.4. The standard InChI is InChI=1S/C28H28BrF3N6O2/c1-5-38-14-23(27(36-38)40-19-10-28(31,32)11-19)15(2)22-13-37(4)35-25(22)20-7-6-18(30)9-21(20)16(3)39-24-8-17(29)12-34-26(24)33/h6-9,12-14,16,19H,2,5,10-11H2,1,3-4H3,(H2,33,34)/t16-/m1/s1. The van der Waals surface area contributed by atoms with Gasteiger partial charge in [-0.3, -0.25) is 9.36 Å². The molecule has 1 atom stereocenters. The maximum absolute atomic E-state index is 14.5. The first kappa shape index (κ1) is 27.8. The highest BCUT2D eigenvalue weighted by Gasteiger charge is 2.47. The number of hydrogen-bond donors (Lipinski definition) is 1. The van der Waals surface area contributed by atoms with Gasteiger partial charge in [0.2, 0.25) is 5.88 Å². The van der Waals surface area contributed by atoms with Crippen LogP contribution in [0.5, 0.6) is 11.6 Å². The van der Waals surface area contributed by atoms with E-state index >= 15 is 0 Å². The number of alkyl halides is 2. The maximum atomic E-state index is 14.5. The van der Waals surface area contributed by atoms with E-state index in [0.717, 1.165) is 0 Å². The monoisotopic (exact) mass is 616 g/mol. The van der Waals surface area contributed by atoms with Gasteiger partial charge in [-0.25, -0.2) is 18.2 Å². The normalized spacial score (nSPS) is 15.5. The van der Waals surface area contributed by atoms with Crippen molar-refractivity contribution in [1.82, 2.24) is 24.5 Å². The second-order valence-corrected chi connectivity index (χ2v) is 10.7. The first-order valence-corrected chi connectivity index (χ1v) is 13.5. The zero-order chi connectivity index (χ0) is 28.8. The number of pyridine rings is 1. The number of halogens is 4. The second-order valence-electron chi connectivity index (χ2n) is 9.78. The maximum Gasteiger partial charge on any atom is 0.255 e. The van der Waals surface area contributed by atoms with Gasteiger partial charge in [0, 0.05) is 66.2 Å². The van der Waals surface area contributed by atoms with Crippen LogP contribution in [0.4, 0.5) is 19.0 Å². The molecule has 0 radical (unpaired) electrons. The van der Waals surface area contributed by atoms with Gasteiger partial charge in [0.25, 0.3) is 5.92 Å². The molecule has 1 aliphatic rings. The van der Waals surface area contributed by atoms with Crippen LogP contribution in [-0.2, 0) is 13.6 Å². The number of nitrogens with two attached hydrogens (primary N) is 1. The first-order valence-electron chi connectivity index (χ1n) is 12.7. The molecule has 210 valence electrons. The molecular weight excluding hydrogens is 589 g/mol. The highest BCUT2D eigenvalue weighted by Crippen LogP contribution is 2.42. The molecule has 8 nitrogen and oxygen atoms in total. The molecule has 0 aliphatic heterocycles. The Balaban J connectivity index is 1.52. The molecule has 0 spiro atoms. The molecule has 5 rings (SSSR count). The van der Waals surface area contributed by atoms with Crippen LogP contribution in [0.15, 0.2) is 53.9 Å². The molecule has 0 unspecified atom stereocenters. The molecule has 1 aromatic carbocycles. The van der Waals surface area contributed by atoms with E-state index in [1.165, 1.54) is 12.1 Å². The van der Waals surface area contributed by atoms with E-state index in [0.29, 0.717) is 50.3 Å². The Morgan fingerprint density at radius 2 is 1.98 bits per heavy atom. The Labute approximate surface area is 237 Å². The van der Waals surface area contributed by atoms with Crippen LogP contribution in [0.25, 0.3) is 16.8 Å². The minimum Gasteiger partial charge on any atom is -0.482 e. The fraction of sp³-hybridized carbons (Fsp3) is 0.321. The molecule has 1 fully saturated rings. The number of benzene rings is 1. The summed E-state index contributed by atoms with van der Waals surface area (Å²) in [6.07, 6.45) is 3.14. The van der Waals surface area contributed by atoms with E-state index < -0.39 is 23.9 Å². The van der Waals surface area contributed by atoms with Crippen LogP contribution >= 0.6 is 15.9 Å². The third-order valence-corrected chi connectivity index (χ3v) is 7.15. The lowest BCUT2D eigenvalue weighted by Crippen LogP contribution is -2.43. The van der Waals surface area contributed by atoms with Crippen molar-refractivity contribution in [2.75, 3.05) is 5.73 Å². The van der Waals surface area contributed by atoms with Gasteiger partial charge in [0.1, 0.15) is 23.7 Å². The Bertz CT molecular complexity index is 1580. The average molecular weight is 617 g/mol. The lowest BCUT2D eigenvalue weighted by atomic mass is 9.91. The van der Waals surface area contributed by atoms with Crippen molar-refractivity contribution in [2.45, 2.75) is 51.4 Å². The summed E-state index contributed by atoms with van der Waals surface area (Å²) in [6, 6.07) is 6.07. The largest absolute Gasteiger partial charge is 0.482 e. The fourth-order valence-corrected chi connectivity index (χ4v) is 4.94. The summed E-state index contributed by atoms with van der Waals surface area (Å²) in [5.41, 5.74) is 9.42. The quantitative estimate of drug-likeness (QED) is 0.229. The molecular formula is C28H28BrF3N6O2. The molecule has 0 amide bonds. The van der Waals surface area contributed by atoms with Crippen LogP contribution in [0, 0.1) is 5.82 Å². The number of nitrogens with zero attached hydrogens (tertiary/aromatic N) is 5. The summed E-state index contributed by atoms with van der Waals surface area (Å²) in [6.45, 7) is 8.54. The van der Waals surface area contributed by atoms with Crippen molar-refractivity contribution in [3.63, 3.8) is 0 Å². The molecule has 0 saturated heterocycles.